The van der Waals surface area contributed by atoms with E-state index in [1.54, 1.807) is 11.0 Å². The molecule has 0 bridgehead atoms. The molecule has 0 saturated carbocycles. The van der Waals surface area contributed by atoms with Crippen LogP contribution in [0.2, 0.25) is 0 Å². The number of likely N-dealkylation sites (tertiary alicyclic amines) is 1. The van der Waals surface area contributed by atoms with Crippen LogP contribution in [0.25, 0.3) is 0 Å². The number of carbonyl (C=O) groups excluding carboxylic acids is 1. The first-order valence-corrected chi connectivity index (χ1v) is 8.26. The number of pyridine rings is 1. The number of nitrogens with zero attached hydrogens (tertiary/aromatic N) is 3. The van der Waals surface area contributed by atoms with E-state index in [4.69, 9.17) is 10.00 Å². The molecule has 0 radical (unpaired) electrons. The Morgan fingerprint density at radius 1 is 1.55 bits per heavy atom. The van der Waals surface area contributed by atoms with Gasteiger partial charge in [-0.2, -0.15) is 5.26 Å². The molecule has 1 aromatic heterocycles. The number of nitriles is 1. The maximum Gasteiger partial charge on any atom is 0.410 e. The maximum absolute atomic E-state index is 12.5. The Balaban J connectivity index is 2.02. The van der Waals surface area contributed by atoms with Gasteiger partial charge in [-0.3, -0.25) is 4.21 Å². The van der Waals surface area contributed by atoms with Crippen LogP contribution in [-0.4, -0.2) is 44.1 Å². The highest BCUT2D eigenvalue weighted by Gasteiger charge is 2.33. The van der Waals surface area contributed by atoms with Gasteiger partial charge in [0.2, 0.25) is 0 Å². The van der Waals surface area contributed by atoms with Crippen molar-refractivity contribution < 1.29 is 13.7 Å². The van der Waals surface area contributed by atoms with Gasteiger partial charge in [0.15, 0.2) is 0 Å². The van der Waals surface area contributed by atoms with Crippen molar-refractivity contribution in [3.8, 4) is 6.07 Å². The molecule has 0 spiro atoms. The van der Waals surface area contributed by atoms with Gasteiger partial charge in [-0.1, -0.05) is 0 Å². The molecule has 6 nitrogen and oxygen atoms in total. The van der Waals surface area contributed by atoms with Crippen LogP contribution < -0.4 is 0 Å². The molecule has 0 aliphatic carbocycles. The van der Waals surface area contributed by atoms with Crippen LogP contribution in [0.5, 0.6) is 0 Å². The monoisotopic (exact) mass is 321 g/mol. The van der Waals surface area contributed by atoms with Crippen molar-refractivity contribution in [3.05, 3.63) is 23.9 Å². The van der Waals surface area contributed by atoms with E-state index in [9.17, 15) is 9.00 Å². The number of rotatable bonds is 2. The molecule has 1 amide bonds. The van der Waals surface area contributed by atoms with Crippen LogP contribution in [0.3, 0.4) is 0 Å². The summed E-state index contributed by atoms with van der Waals surface area (Å²) in [6.45, 7) is 6.33. The van der Waals surface area contributed by atoms with Crippen LogP contribution in [0.15, 0.2) is 23.4 Å². The molecule has 2 rings (SSSR count). The highest BCUT2D eigenvalue weighted by Crippen LogP contribution is 2.21. The topological polar surface area (TPSA) is 83.3 Å². The van der Waals surface area contributed by atoms with E-state index in [1.165, 1.54) is 12.3 Å². The molecule has 1 aliphatic heterocycles. The fourth-order valence-corrected chi connectivity index (χ4v) is 3.54. The van der Waals surface area contributed by atoms with Gasteiger partial charge in [-0.25, -0.2) is 9.78 Å². The first-order valence-electron chi connectivity index (χ1n) is 7.05. The fraction of sp³-hybridized carbons (Fsp3) is 0.533. The summed E-state index contributed by atoms with van der Waals surface area (Å²) >= 11 is 0. The largest absolute Gasteiger partial charge is 0.444 e. The van der Waals surface area contributed by atoms with Crippen molar-refractivity contribution in [1.82, 2.24) is 9.88 Å². The lowest BCUT2D eigenvalue weighted by molar-refractivity contribution is 0.0295. The molecule has 1 aliphatic rings. The summed E-state index contributed by atoms with van der Waals surface area (Å²) in [5.74, 6) is 0. The molecule has 2 unspecified atom stereocenters. The lowest BCUT2D eigenvalue weighted by atomic mass is 10.2. The van der Waals surface area contributed by atoms with E-state index >= 15 is 0 Å². The van der Waals surface area contributed by atoms with Crippen molar-refractivity contribution in [2.75, 3.05) is 13.1 Å². The normalized spacial score (nSPS) is 19.5. The smallest absolute Gasteiger partial charge is 0.410 e. The molecule has 1 saturated heterocycles. The van der Waals surface area contributed by atoms with Crippen molar-refractivity contribution in [2.45, 2.75) is 43.1 Å². The summed E-state index contributed by atoms with van der Waals surface area (Å²) < 4.78 is 17.9. The minimum Gasteiger partial charge on any atom is -0.444 e. The van der Waals surface area contributed by atoms with Crippen LogP contribution >= 0.6 is 0 Å². The Morgan fingerprint density at radius 3 is 2.91 bits per heavy atom. The summed E-state index contributed by atoms with van der Waals surface area (Å²) in [7, 11) is -1.34. The van der Waals surface area contributed by atoms with Crippen molar-refractivity contribution in [2.24, 2.45) is 0 Å². The van der Waals surface area contributed by atoms with Gasteiger partial charge in [0.05, 0.1) is 27.7 Å². The van der Waals surface area contributed by atoms with Gasteiger partial charge >= 0.3 is 6.09 Å². The molecule has 2 heterocycles. The van der Waals surface area contributed by atoms with Crippen molar-refractivity contribution >= 4 is 16.9 Å². The number of hydrogen-bond acceptors (Lipinski definition) is 5. The summed E-state index contributed by atoms with van der Waals surface area (Å²) in [6, 6.07) is 5.11. The number of aromatic nitrogens is 1. The van der Waals surface area contributed by atoms with Gasteiger partial charge in [-0.15, -0.1) is 0 Å². The minimum absolute atomic E-state index is 0.186. The maximum atomic E-state index is 12.5. The Kier molecular flexibility index (Phi) is 4.81. The van der Waals surface area contributed by atoms with E-state index in [-0.39, 0.29) is 11.3 Å². The van der Waals surface area contributed by atoms with Crippen molar-refractivity contribution in [1.29, 1.82) is 5.26 Å². The average molecular weight is 321 g/mol. The molecule has 2 atom stereocenters. The fourth-order valence-electron chi connectivity index (χ4n) is 2.16. The molecule has 1 fully saturated rings. The summed E-state index contributed by atoms with van der Waals surface area (Å²) in [6.07, 6.45) is 1.72. The van der Waals surface area contributed by atoms with Gasteiger partial charge < -0.3 is 9.64 Å². The number of carbonyl (C=O) groups is 1. The standard InChI is InChI=1S/C15H19N3O3S/c1-15(2,3)21-14(19)18-7-5-12(10-18)22(20)13-8-11(9-16)4-6-17-13/h4,6,8,12H,5,7,10H2,1-3H3. The second-order valence-corrected chi connectivity index (χ2v) is 7.81. The molecule has 0 aromatic carbocycles. The summed E-state index contributed by atoms with van der Waals surface area (Å²) in [5.41, 5.74) is -0.114. The van der Waals surface area contributed by atoms with Gasteiger partial charge in [0.1, 0.15) is 10.6 Å². The second-order valence-electron chi connectivity index (χ2n) is 6.13. The Hall–Kier alpha value is -1.94. The van der Waals surface area contributed by atoms with Crippen LogP contribution in [-0.2, 0) is 15.5 Å². The number of hydrogen-bond donors (Lipinski definition) is 0. The third-order valence-corrected chi connectivity index (χ3v) is 4.80. The molecule has 7 heteroatoms. The third kappa shape index (κ3) is 4.04. The zero-order chi connectivity index (χ0) is 16.3. The first-order chi connectivity index (χ1) is 10.3. The van der Waals surface area contributed by atoms with E-state index < -0.39 is 16.4 Å². The minimum atomic E-state index is -1.34. The van der Waals surface area contributed by atoms with Crippen LogP contribution in [0, 0.1) is 11.3 Å². The lowest BCUT2D eigenvalue weighted by Crippen LogP contribution is -2.36. The molecular weight excluding hydrogens is 302 g/mol. The molecule has 0 N–H and O–H groups in total. The van der Waals surface area contributed by atoms with Crippen molar-refractivity contribution in [3.63, 3.8) is 0 Å². The zero-order valence-corrected chi connectivity index (χ0v) is 13.7. The highest BCUT2D eigenvalue weighted by atomic mass is 32.2. The lowest BCUT2D eigenvalue weighted by Gasteiger charge is -2.24. The SMILES string of the molecule is CC(C)(C)OC(=O)N1CCC(S(=O)c2cc(C#N)ccn2)C1. The van der Waals surface area contributed by atoms with E-state index in [1.807, 2.05) is 26.8 Å². The van der Waals surface area contributed by atoms with E-state index in [0.29, 0.717) is 30.1 Å². The predicted octanol–water partition coefficient (Wildman–Crippen LogP) is 2.07. The van der Waals surface area contributed by atoms with E-state index in [2.05, 4.69) is 4.98 Å². The van der Waals surface area contributed by atoms with Crippen LogP contribution in [0.4, 0.5) is 4.79 Å². The van der Waals surface area contributed by atoms with E-state index in [0.717, 1.165) is 0 Å². The molecule has 22 heavy (non-hydrogen) atoms. The van der Waals surface area contributed by atoms with Gasteiger partial charge in [-0.05, 0) is 39.3 Å². The molecule has 118 valence electrons. The zero-order valence-electron chi connectivity index (χ0n) is 12.9. The second kappa shape index (κ2) is 6.44. The average Bonchev–Trinajstić information content (AvgIpc) is 2.94. The van der Waals surface area contributed by atoms with Gasteiger partial charge in [0, 0.05) is 19.3 Å². The van der Waals surface area contributed by atoms with Crippen LogP contribution in [0.1, 0.15) is 32.8 Å². The number of ether oxygens (including phenoxy) is 1. The Bertz CT molecular complexity index is 634. The third-order valence-electron chi connectivity index (χ3n) is 3.17. The molecular formula is C15H19N3O3S. The summed E-state index contributed by atoms with van der Waals surface area (Å²) in [5, 5.41) is 9.08. The predicted molar refractivity (Wildman–Crippen MR) is 81.6 cm³/mol. The Labute approximate surface area is 132 Å². The van der Waals surface area contributed by atoms with Gasteiger partial charge in [0.25, 0.3) is 0 Å². The highest BCUT2D eigenvalue weighted by molar-refractivity contribution is 7.85. The Morgan fingerprint density at radius 2 is 2.27 bits per heavy atom. The number of amides is 1. The first kappa shape index (κ1) is 16.4. The quantitative estimate of drug-likeness (QED) is 0.832. The molecule has 1 aromatic rings. The summed E-state index contributed by atoms with van der Waals surface area (Å²) in [4.78, 5) is 17.7.